The van der Waals surface area contributed by atoms with Crippen LogP contribution in [0.3, 0.4) is 0 Å². The second-order valence-corrected chi connectivity index (χ2v) is 12.6. The lowest BCUT2D eigenvalue weighted by Gasteiger charge is -2.25. The highest BCUT2D eigenvalue weighted by Gasteiger charge is 2.37. The Morgan fingerprint density at radius 3 is 2.33 bits per heavy atom. The maximum Gasteiger partial charge on any atom is 0.410 e. The molecule has 12 heteroatoms. The van der Waals surface area contributed by atoms with E-state index in [0.717, 1.165) is 27.6 Å². The summed E-state index contributed by atoms with van der Waals surface area (Å²) >= 11 is 0. The van der Waals surface area contributed by atoms with E-state index in [1.54, 1.807) is 30.9 Å². The summed E-state index contributed by atoms with van der Waals surface area (Å²) < 4.78 is 12.7. The number of esters is 1. The predicted molar refractivity (Wildman–Crippen MR) is 193 cm³/mol. The number of benzene rings is 4. The Hall–Kier alpha value is -6.30. The molecule has 4 aromatic carbocycles. The second-order valence-electron chi connectivity index (χ2n) is 12.6. The van der Waals surface area contributed by atoms with Gasteiger partial charge in [-0.3, -0.25) is 14.4 Å². The van der Waals surface area contributed by atoms with E-state index in [1.165, 1.54) is 4.90 Å². The largest absolute Gasteiger partial charge is 0.461 e. The highest BCUT2D eigenvalue weighted by molar-refractivity contribution is 6.11. The molecule has 256 valence electrons. The summed E-state index contributed by atoms with van der Waals surface area (Å²) in [5.41, 5.74) is 7.13. The van der Waals surface area contributed by atoms with E-state index in [4.69, 9.17) is 14.5 Å². The van der Waals surface area contributed by atoms with Crippen molar-refractivity contribution in [3.63, 3.8) is 0 Å². The summed E-state index contributed by atoms with van der Waals surface area (Å²) in [6, 6.07) is 26.6. The molecule has 3 heterocycles. The molecule has 1 saturated heterocycles. The van der Waals surface area contributed by atoms with Crippen molar-refractivity contribution in [3.05, 3.63) is 108 Å². The number of fused-ring (bicyclic) bond motifs is 6. The number of likely N-dealkylation sites (tertiary alicyclic amines) is 1. The fourth-order valence-electron chi connectivity index (χ4n) is 7.24. The first kappa shape index (κ1) is 31.9. The summed E-state index contributed by atoms with van der Waals surface area (Å²) in [5.74, 6) is -0.589. The van der Waals surface area contributed by atoms with E-state index in [0.29, 0.717) is 47.2 Å². The van der Waals surface area contributed by atoms with Gasteiger partial charge in [0.15, 0.2) is 5.69 Å². The zero-order valence-corrected chi connectivity index (χ0v) is 28.1. The summed E-state index contributed by atoms with van der Waals surface area (Å²) in [5, 5.41) is 12.0. The molecule has 0 bridgehead atoms. The number of nitrogens with zero attached hydrogens (tertiary/aromatic N) is 5. The molecule has 2 aliphatic rings. The molecule has 0 unspecified atom stereocenters. The molecule has 1 aliphatic heterocycles. The number of nitrogens with one attached hydrogen (secondary N) is 2. The molecule has 0 radical (unpaired) electrons. The number of ether oxygens (including phenoxy) is 2. The van der Waals surface area contributed by atoms with E-state index in [-0.39, 0.29) is 36.7 Å². The van der Waals surface area contributed by atoms with Crippen molar-refractivity contribution in [1.29, 1.82) is 0 Å². The SMILES string of the molecule is CCOC(=O)c1nn(C)c2c1ccc1cnc(Nc3ccccc3NC(=O)[C@@H]3CCCN3C(=O)OCC3c4ccccc4-c4ccccc43)nc12. The third-order valence-electron chi connectivity index (χ3n) is 9.58. The van der Waals surface area contributed by atoms with Gasteiger partial charge in [0.05, 0.1) is 23.5 Å². The maximum absolute atomic E-state index is 13.7. The average molecular weight is 682 g/mol. The number of amides is 2. The third-order valence-corrected chi connectivity index (χ3v) is 9.58. The van der Waals surface area contributed by atoms with Crippen LogP contribution in [0.15, 0.2) is 91.1 Å². The van der Waals surface area contributed by atoms with Crippen LogP contribution in [0.1, 0.15) is 47.3 Å². The summed E-state index contributed by atoms with van der Waals surface area (Å²) in [4.78, 5) is 50.5. The minimum Gasteiger partial charge on any atom is -0.461 e. The number of hydrogen-bond donors (Lipinski definition) is 2. The molecule has 2 N–H and O–H groups in total. The van der Waals surface area contributed by atoms with E-state index in [9.17, 15) is 14.4 Å². The smallest absolute Gasteiger partial charge is 0.410 e. The lowest BCUT2D eigenvalue weighted by molar-refractivity contribution is -0.120. The number of aryl methyl sites for hydroxylation is 1. The number of anilines is 3. The van der Waals surface area contributed by atoms with Crippen molar-refractivity contribution < 1.29 is 23.9 Å². The van der Waals surface area contributed by atoms with E-state index in [1.807, 2.05) is 54.6 Å². The molecule has 1 fully saturated rings. The Morgan fingerprint density at radius 1 is 0.882 bits per heavy atom. The first-order valence-corrected chi connectivity index (χ1v) is 17.0. The monoisotopic (exact) mass is 681 g/mol. The van der Waals surface area contributed by atoms with E-state index in [2.05, 4.69) is 45.0 Å². The van der Waals surface area contributed by atoms with Crippen molar-refractivity contribution in [2.45, 2.75) is 31.7 Å². The van der Waals surface area contributed by atoms with Crippen molar-refractivity contribution in [3.8, 4) is 11.1 Å². The van der Waals surface area contributed by atoms with Crippen molar-refractivity contribution >= 4 is 57.1 Å². The summed E-state index contributed by atoms with van der Waals surface area (Å²) in [6.07, 6.45) is 2.40. The Balaban J connectivity index is 0.981. The van der Waals surface area contributed by atoms with Gasteiger partial charge in [-0.25, -0.2) is 19.6 Å². The van der Waals surface area contributed by atoms with Gasteiger partial charge in [0.2, 0.25) is 11.9 Å². The zero-order chi connectivity index (χ0) is 35.1. The van der Waals surface area contributed by atoms with Crippen LogP contribution >= 0.6 is 0 Å². The first-order chi connectivity index (χ1) is 24.9. The van der Waals surface area contributed by atoms with Gasteiger partial charge in [-0.05, 0) is 60.2 Å². The fourth-order valence-corrected chi connectivity index (χ4v) is 7.24. The number of para-hydroxylation sites is 2. The fraction of sp³-hybridized carbons (Fsp3) is 0.231. The molecule has 1 aliphatic carbocycles. The Morgan fingerprint density at radius 2 is 1.59 bits per heavy atom. The first-order valence-electron chi connectivity index (χ1n) is 17.0. The van der Waals surface area contributed by atoms with Gasteiger partial charge >= 0.3 is 12.1 Å². The summed E-state index contributed by atoms with van der Waals surface area (Å²) in [7, 11) is 1.75. The van der Waals surface area contributed by atoms with E-state index < -0.39 is 18.1 Å². The van der Waals surface area contributed by atoms with Gasteiger partial charge in [0.25, 0.3) is 0 Å². The molecule has 12 nitrogen and oxygen atoms in total. The number of rotatable bonds is 8. The van der Waals surface area contributed by atoms with Gasteiger partial charge in [-0.15, -0.1) is 0 Å². The number of carbonyl (C=O) groups excluding carboxylic acids is 3. The molecular formula is C39H35N7O5. The Labute approximate surface area is 293 Å². The van der Waals surface area contributed by atoms with Crippen molar-refractivity contribution in [1.82, 2.24) is 24.6 Å². The van der Waals surface area contributed by atoms with Crippen LogP contribution in [0.4, 0.5) is 22.1 Å². The van der Waals surface area contributed by atoms with Crippen LogP contribution in [-0.4, -0.2) is 68.4 Å². The molecule has 6 aromatic rings. The van der Waals surface area contributed by atoms with Crippen LogP contribution in [-0.2, 0) is 21.3 Å². The predicted octanol–water partition coefficient (Wildman–Crippen LogP) is 6.79. The van der Waals surface area contributed by atoms with Gasteiger partial charge in [-0.2, -0.15) is 5.10 Å². The highest BCUT2D eigenvalue weighted by Crippen LogP contribution is 2.44. The van der Waals surface area contributed by atoms with Crippen LogP contribution in [0.5, 0.6) is 0 Å². The molecular weight excluding hydrogens is 646 g/mol. The van der Waals surface area contributed by atoms with Crippen molar-refractivity contribution in [2.75, 3.05) is 30.4 Å². The Bertz CT molecular complexity index is 2290. The van der Waals surface area contributed by atoms with Crippen molar-refractivity contribution in [2.24, 2.45) is 7.05 Å². The third kappa shape index (κ3) is 5.78. The minimum absolute atomic E-state index is 0.0693. The molecule has 0 saturated carbocycles. The van der Waals surface area contributed by atoms with E-state index >= 15 is 0 Å². The standard InChI is InChI=1S/C39H35N7O5/c1-3-50-37(48)34-28-19-18-23-21-40-38(43-33(23)35(28)45(2)44-34)42-31-16-9-8-15-30(31)41-36(47)32-17-10-20-46(32)39(49)51-22-29-26-13-6-4-11-24(26)25-12-5-7-14-27(25)29/h4-9,11-16,18-19,21,29,32H,3,10,17,20,22H2,1-2H3,(H,41,47)(H,40,42,43)/t32-/m0/s1. The van der Waals surface area contributed by atoms with Crippen LogP contribution < -0.4 is 10.6 Å². The molecule has 51 heavy (non-hydrogen) atoms. The van der Waals surface area contributed by atoms with Gasteiger partial charge in [-0.1, -0.05) is 66.7 Å². The lowest BCUT2D eigenvalue weighted by atomic mass is 9.98. The summed E-state index contributed by atoms with van der Waals surface area (Å²) in [6.45, 7) is 2.61. The topological polar surface area (TPSA) is 141 Å². The molecule has 8 rings (SSSR count). The molecule has 0 spiro atoms. The average Bonchev–Trinajstić information content (AvgIpc) is 3.86. The number of hydrogen-bond acceptors (Lipinski definition) is 9. The van der Waals surface area contributed by atoms with Gasteiger partial charge in [0, 0.05) is 36.5 Å². The highest BCUT2D eigenvalue weighted by atomic mass is 16.6. The van der Waals surface area contributed by atoms with Gasteiger partial charge < -0.3 is 20.1 Å². The molecule has 2 aromatic heterocycles. The number of aromatic nitrogens is 4. The normalized spacial score (nSPS) is 15.1. The quantitative estimate of drug-likeness (QED) is 0.166. The van der Waals surface area contributed by atoms with Crippen LogP contribution in [0, 0.1) is 0 Å². The lowest BCUT2D eigenvalue weighted by Crippen LogP contribution is -2.43. The van der Waals surface area contributed by atoms with Gasteiger partial charge in [0.1, 0.15) is 18.2 Å². The molecule has 2 amide bonds. The van der Waals surface area contributed by atoms with Crippen LogP contribution in [0.2, 0.25) is 0 Å². The minimum atomic E-state index is -0.683. The van der Waals surface area contributed by atoms with Crippen LogP contribution in [0.25, 0.3) is 32.9 Å². The molecule has 1 atom stereocenters. The zero-order valence-electron chi connectivity index (χ0n) is 28.1. The Kier molecular flexibility index (Phi) is 8.26. The maximum atomic E-state index is 13.7. The number of carbonyl (C=O) groups is 3. The second kappa shape index (κ2) is 13.2.